The summed E-state index contributed by atoms with van der Waals surface area (Å²) < 4.78 is 25.4. The minimum Gasteiger partial charge on any atom is -0.392 e. The Labute approximate surface area is 93.0 Å². The van der Waals surface area contributed by atoms with Crippen molar-refractivity contribution in [2.45, 2.75) is 18.9 Å². The second kappa shape index (κ2) is 5.00. The molecule has 6 heteroatoms. The lowest BCUT2D eigenvalue weighted by Crippen LogP contribution is -2.03. The van der Waals surface area contributed by atoms with Gasteiger partial charge in [-0.15, -0.1) is 11.6 Å². The number of aliphatic hydroxyl groups is 1. The van der Waals surface area contributed by atoms with Gasteiger partial charge in [0.2, 0.25) is 0 Å². The molecule has 0 unspecified atom stereocenters. The molecule has 78 valence electrons. The minimum atomic E-state index is -2.70. The van der Waals surface area contributed by atoms with Crippen LogP contribution in [0.5, 0.6) is 0 Å². The molecule has 14 heavy (non-hydrogen) atoms. The highest BCUT2D eigenvalue weighted by Crippen LogP contribution is 2.29. The van der Waals surface area contributed by atoms with Gasteiger partial charge in [-0.1, -0.05) is 0 Å². The van der Waals surface area contributed by atoms with Crippen molar-refractivity contribution in [2.24, 2.45) is 0 Å². The molecule has 0 radical (unpaired) electrons. The van der Waals surface area contributed by atoms with Crippen molar-refractivity contribution in [3.05, 3.63) is 27.5 Å². The Balaban J connectivity index is 3.33. The molecule has 1 aromatic rings. The second-order valence-corrected chi connectivity index (χ2v) is 3.66. The zero-order valence-corrected chi connectivity index (χ0v) is 9.32. The van der Waals surface area contributed by atoms with Crippen LogP contribution in [0.15, 0.2) is 10.7 Å². The molecule has 0 saturated carbocycles. The second-order valence-electron chi connectivity index (χ2n) is 2.54. The molecule has 0 aliphatic heterocycles. The smallest absolute Gasteiger partial charge is 0.280 e. The molecule has 0 bridgehead atoms. The van der Waals surface area contributed by atoms with E-state index in [1.165, 1.54) is 6.20 Å². The molecule has 0 aliphatic rings. The third-order valence-corrected chi connectivity index (χ3v) is 2.73. The summed E-state index contributed by atoms with van der Waals surface area (Å²) >= 11 is 8.71. The third kappa shape index (κ3) is 2.21. The monoisotopic (exact) mass is 285 g/mol. The van der Waals surface area contributed by atoms with Gasteiger partial charge in [0, 0.05) is 22.1 Å². The van der Waals surface area contributed by atoms with E-state index in [9.17, 15) is 8.78 Å². The summed E-state index contributed by atoms with van der Waals surface area (Å²) in [5.41, 5.74) is 0.148. The Morgan fingerprint density at radius 3 is 2.57 bits per heavy atom. The summed E-state index contributed by atoms with van der Waals surface area (Å²) in [6.45, 7) is -0.492. The maximum atomic E-state index is 12.4. The number of halogens is 4. The predicted molar refractivity (Wildman–Crippen MR) is 52.4 cm³/mol. The molecule has 1 rings (SSSR count). The van der Waals surface area contributed by atoms with Gasteiger partial charge in [-0.25, -0.2) is 8.78 Å². The largest absolute Gasteiger partial charge is 0.392 e. The molecule has 1 aromatic heterocycles. The Morgan fingerprint density at radius 2 is 2.14 bits per heavy atom. The Bertz CT molecular complexity index is 335. The van der Waals surface area contributed by atoms with E-state index in [2.05, 4.69) is 20.9 Å². The van der Waals surface area contributed by atoms with Crippen molar-refractivity contribution in [1.82, 2.24) is 4.98 Å². The molecule has 0 fully saturated rings. The Hall–Kier alpha value is -0.260. The zero-order chi connectivity index (χ0) is 10.7. The number of pyridine rings is 1. The molecule has 1 N–H and O–H groups in total. The van der Waals surface area contributed by atoms with Crippen LogP contribution < -0.4 is 0 Å². The van der Waals surface area contributed by atoms with Gasteiger partial charge in [-0.2, -0.15) is 0 Å². The molecule has 0 saturated heterocycles. The van der Waals surface area contributed by atoms with E-state index in [1.807, 2.05) is 0 Å². The van der Waals surface area contributed by atoms with E-state index in [-0.39, 0.29) is 11.4 Å². The maximum absolute atomic E-state index is 12.4. The highest BCUT2D eigenvalue weighted by molar-refractivity contribution is 9.10. The Kier molecular flexibility index (Phi) is 4.22. The molecule has 1 heterocycles. The van der Waals surface area contributed by atoms with Crippen LogP contribution in [0.4, 0.5) is 8.78 Å². The van der Waals surface area contributed by atoms with Gasteiger partial charge in [0.1, 0.15) is 5.69 Å². The van der Waals surface area contributed by atoms with Crippen molar-refractivity contribution in [3.8, 4) is 0 Å². The molecule has 0 aliphatic carbocycles. The van der Waals surface area contributed by atoms with E-state index in [0.717, 1.165) is 0 Å². The number of hydrogen-bond acceptors (Lipinski definition) is 2. The summed E-state index contributed by atoms with van der Waals surface area (Å²) in [6.07, 6.45) is -1.44. The first-order chi connectivity index (χ1) is 6.61. The van der Waals surface area contributed by atoms with Gasteiger partial charge < -0.3 is 5.11 Å². The lowest BCUT2D eigenvalue weighted by atomic mass is 10.1. The first-order valence-electron chi connectivity index (χ1n) is 3.73. The van der Waals surface area contributed by atoms with Gasteiger partial charge >= 0.3 is 0 Å². The fraction of sp³-hybridized carbons (Fsp3) is 0.375. The van der Waals surface area contributed by atoms with Crippen LogP contribution in [-0.4, -0.2) is 10.1 Å². The molecule has 2 nitrogen and oxygen atoms in total. The van der Waals surface area contributed by atoms with Crippen molar-refractivity contribution in [1.29, 1.82) is 0 Å². The lowest BCUT2D eigenvalue weighted by Gasteiger charge is -2.11. The highest BCUT2D eigenvalue weighted by Gasteiger charge is 2.18. The normalized spacial score (nSPS) is 11.0. The number of alkyl halides is 3. The van der Waals surface area contributed by atoms with Gasteiger partial charge in [0.15, 0.2) is 0 Å². The average molecular weight is 287 g/mol. The molecular weight excluding hydrogens is 279 g/mol. The standard InChI is InChI=1S/C8H7BrClF2NO/c9-6-2-13-7(8(11)12)5(3-14)4(6)1-10/h2,8,14H,1,3H2. The van der Waals surface area contributed by atoms with Crippen molar-refractivity contribution in [3.63, 3.8) is 0 Å². The van der Waals surface area contributed by atoms with Gasteiger partial charge in [-0.05, 0) is 21.5 Å². The van der Waals surface area contributed by atoms with Crippen molar-refractivity contribution >= 4 is 27.5 Å². The van der Waals surface area contributed by atoms with E-state index in [4.69, 9.17) is 16.7 Å². The fourth-order valence-corrected chi connectivity index (χ4v) is 2.04. The molecule has 0 amide bonds. The van der Waals surface area contributed by atoms with Crippen LogP contribution in [-0.2, 0) is 12.5 Å². The number of nitrogens with zero attached hydrogens (tertiary/aromatic N) is 1. The quantitative estimate of drug-likeness (QED) is 0.867. The van der Waals surface area contributed by atoms with Gasteiger partial charge in [0.25, 0.3) is 6.43 Å². The SMILES string of the molecule is OCc1c(C(F)F)ncc(Br)c1CCl. The first-order valence-corrected chi connectivity index (χ1v) is 5.05. The lowest BCUT2D eigenvalue weighted by molar-refractivity contribution is 0.141. The van der Waals surface area contributed by atoms with Crippen LogP contribution in [0.25, 0.3) is 0 Å². The Morgan fingerprint density at radius 1 is 1.50 bits per heavy atom. The number of rotatable bonds is 3. The van der Waals surface area contributed by atoms with Crippen LogP contribution in [0, 0.1) is 0 Å². The highest BCUT2D eigenvalue weighted by atomic mass is 79.9. The number of aliphatic hydroxyl groups excluding tert-OH is 1. The van der Waals surface area contributed by atoms with Crippen LogP contribution in [0.1, 0.15) is 23.2 Å². The molecule has 0 atom stereocenters. The van der Waals surface area contributed by atoms with Gasteiger partial charge in [0.05, 0.1) is 6.61 Å². The van der Waals surface area contributed by atoms with E-state index in [1.54, 1.807) is 0 Å². The molecule has 0 aromatic carbocycles. The number of aromatic nitrogens is 1. The van der Waals surface area contributed by atoms with E-state index in [0.29, 0.717) is 10.0 Å². The molecular formula is C8H7BrClF2NO. The summed E-state index contributed by atoms with van der Waals surface area (Å²) in [5, 5.41) is 8.95. The third-order valence-electron chi connectivity index (χ3n) is 1.78. The predicted octanol–water partition coefficient (Wildman–Crippen LogP) is 3.01. The van der Waals surface area contributed by atoms with Crippen molar-refractivity contribution < 1.29 is 13.9 Å². The van der Waals surface area contributed by atoms with Crippen molar-refractivity contribution in [2.75, 3.05) is 0 Å². The molecule has 0 spiro atoms. The fourth-order valence-electron chi connectivity index (χ4n) is 1.09. The first kappa shape index (κ1) is 11.8. The van der Waals surface area contributed by atoms with Gasteiger partial charge in [-0.3, -0.25) is 4.98 Å². The van der Waals surface area contributed by atoms with Crippen LogP contribution in [0.3, 0.4) is 0 Å². The number of hydrogen-bond donors (Lipinski definition) is 1. The topological polar surface area (TPSA) is 33.1 Å². The zero-order valence-electron chi connectivity index (χ0n) is 6.98. The van der Waals surface area contributed by atoms with Crippen LogP contribution in [0.2, 0.25) is 0 Å². The summed E-state index contributed by atoms with van der Waals surface area (Å²) in [6, 6.07) is 0. The summed E-state index contributed by atoms with van der Waals surface area (Å²) in [4.78, 5) is 3.54. The minimum absolute atomic E-state index is 0.0543. The average Bonchev–Trinajstić information content (AvgIpc) is 2.16. The van der Waals surface area contributed by atoms with Crippen LogP contribution >= 0.6 is 27.5 Å². The maximum Gasteiger partial charge on any atom is 0.280 e. The van der Waals surface area contributed by atoms with E-state index < -0.39 is 18.7 Å². The summed E-state index contributed by atoms with van der Waals surface area (Å²) in [5.74, 6) is 0.0543. The summed E-state index contributed by atoms with van der Waals surface area (Å²) in [7, 11) is 0. The van der Waals surface area contributed by atoms with E-state index >= 15 is 0 Å².